The second-order valence-electron chi connectivity index (χ2n) is 5.67. The monoisotopic (exact) mass is 315 g/mol. The number of pyridine rings is 1. The number of aromatic nitrogens is 1. The van der Waals surface area contributed by atoms with Gasteiger partial charge in [0.1, 0.15) is 11.9 Å². The van der Waals surface area contributed by atoms with Crippen molar-refractivity contribution >= 4 is 5.82 Å². The fourth-order valence-electron chi connectivity index (χ4n) is 2.98. The van der Waals surface area contributed by atoms with E-state index in [1.165, 1.54) is 6.07 Å². The van der Waals surface area contributed by atoms with E-state index in [1.54, 1.807) is 17.2 Å². The predicted molar refractivity (Wildman–Crippen MR) is 80.8 cm³/mol. The molecule has 0 amide bonds. The fraction of sp³-hybridized carbons (Fsp3) is 0.294. The Kier molecular flexibility index (Phi) is 3.97. The lowest BCUT2D eigenvalue weighted by Gasteiger charge is -2.27. The molecule has 1 aliphatic heterocycles. The molecule has 1 aromatic carbocycles. The van der Waals surface area contributed by atoms with Crippen LogP contribution in [0, 0.1) is 29.9 Å². The molecule has 0 unspecified atom stereocenters. The summed E-state index contributed by atoms with van der Waals surface area (Å²) in [7, 11) is 0. The highest BCUT2D eigenvalue weighted by atomic mass is 19.2. The number of hydrogen-bond donors (Lipinski definition) is 1. The van der Waals surface area contributed by atoms with E-state index in [9.17, 15) is 19.1 Å². The van der Waals surface area contributed by atoms with Gasteiger partial charge in [-0.2, -0.15) is 5.26 Å². The number of nitrogens with zero attached hydrogens (tertiary/aromatic N) is 3. The van der Waals surface area contributed by atoms with E-state index in [2.05, 4.69) is 11.1 Å². The van der Waals surface area contributed by atoms with E-state index in [1.807, 2.05) is 6.92 Å². The van der Waals surface area contributed by atoms with Crippen LogP contribution in [0.1, 0.15) is 29.2 Å². The van der Waals surface area contributed by atoms with Crippen molar-refractivity contribution in [2.75, 3.05) is 11.4 Å². The Morgan fingerprint density at radius 2 is 2.09 bits per heavy atom. The summed E-state index contributed by atoms with van der Waals surface area (Å²) in [6, 6.07) is 7.21. The molecule has 0 aliphatic carbocycles. The first-order valence-electron chi connectivity index (χ1n) is 7.26. The van der Waals surface area contributed by atoms with Crippen LogP contribution in [0.4, 0.5) is 14.6 Å². The number of rotatable bonds is 2. The quantitative estimate of drug-likeness (QED) is 0.926. The molecule has 1 aromatic heterocycles. The highest BCUT2D eigenvalue weighted by molar-refractivity contribution is 5.59. The Hall–Kier alpha value is -2.52. The van der Waals surface area contributed by atoms with Gasteiger partial charge in [0.2, 0.25) is 0 Å². The van der Waals surface area contributed by atoms with Gasteiger partial charge in [0.25, 0.3) is 0 Å². The van der Waals surface area contributed by atoms with Crippen molar-refractivity contribution in [1.29, 1.82) is 5.26 Å². The molecule has 0 spiro atoms. The third-order valence-corrected chi connectivity index (χ3v) is 4.13. The number of nitriles is 1. The Morgan fingerprint density at radius 3 is 2.78 bits per heavy atom. The lowest BCUT2D eigenvalue weighted by atomic mass is 10.0. The lowest BCUT2D eigenvalue weighted by molar-refractivity contribution is 0.194. The van der Waals surface area contributed by atoms with Crippen molar-refractivity contribution in [2.24, 2.45) is 0 Å². The third-order valence-electron chi connectivity index (χ3n) is 4.13. The second-order valence-corrected chi connectivity index (χ2v) is 5.67. The molecule has 3 rings (SSSR count). The van der Waals surface area contributed by atoms with Crippen LogP contribution in [-0.2, 0) is 0 Å². The molecule has 0 bridgehead atoms. The molecular weight excluding hydrogens is 300 g/mol. The summed E-state index contributed by atoms with van der Waals surface area (Å²) in [5.41, 5.74) is 1.75. The standard InChI is InChI=1S/C17H15F2N3O/c1-10-4-5-21-17(13(10)8-20)22-9-12(23)7-16(22)11-2-3-14(18)15(19)6-11/h2-6,12,16,23H,7,9H2,1H3/t12-,16-/m1/s1. The molecule has 2 heterocycles. The van der Waals surface area contributed by atoms with Gasteiger partial charge < -0.3 is 10.0 Å². The van der Waals surface area contributed by atoms with E-state index in [-0.39, 0.29) is 12.6 Å². The van der Waals surface area contributed by atoms with Crippen molar-refractivity contribution in [2.45, 2.75) is 25.5 Å². The molecule has 2 atom stereocenters. The van der Waals surface area contributed by atoms with Crippen molar-refractivity contribution in [3.8, 4) is 6.07 Å². The Balaban J connectivity index is 2.06. The SMILES string of the molecule is Cc1ccnc(N2C[C@H](O)C[C@@H]2c2ccc(F)c(F)c2)c1C#N. The van der Waals surface area contributed by atoms with E-state index < -0.39 is 17.7 Å². The molecule has 4 nitrogen and oxygen atoms in total. The maximum Gasteiger partial charge on any atom is 0.159 e. The summed E-state index contributed by atoms with van der Waals surface area (Å²) >= 11 is 0. The molecule has 0 radical (unpaired) electrons. The molecule has 1 aliphatic rings. The summed E-state index contributed by atoms with van der Waals surface area (Å²) in [6.07, 6.45) is 1.34. The first kappa shape index (κ1) is 15.4. The summed E-state index contributed by atoms with van der Waals surface area (Å²) in [5, 5.41) is 19.4. The topological polar surface area (TPSA) is 60.1 Å². The first-order valence-corrected chi connectivity index (χ1v) is 7.26. The van der Waals surface area contributed by atoms with E-state index in [0.717, 1.165) is 17.7 Å². The zero-order valence-corrected chi connectivity index (χ0v) is 12.5. The molecule has 2 aromatic rings. The summed E-state index contributed by atoms with van der Waals surface area (Å²) in [6.45, 7) is 2.09. The van der Waals surface area contributed by atoms with E-state index in [0.29, 0.717) is 23.4 Å². The number of aryl methyl sites for hydroxylation is 1. The van der Waals surface area contributed by atoms with E-state index >= 15 is 0 Å². The highest BCUT2D eigenvalue weighted by Crippen LogP contribution is 2.37. The number of aliphatic hydroxyl groups excluding tert-OH is 1. The van der Waals surface area contributed by atoms with Crippen LogP contribution >= 0.6 is 0 Å². The minimum absolute atomic E-state index is 0.287. The van der Waals surface area contributed by atoms with Crippen LogP contribution in [-0.4, -0.2) is 22.7 Å². The molecule has 23 heavy (non-hydrogen) atoms. The van der Waals surface area contributed by atoms with Crippen LogP contribution < -0.4 is 4.90 Å². The largest absolute Gasteiger partial charge is 0.391 e. The number of hydrogen-bond acceptors (Lipinski definition) is 4. The summed E-state index contributed by atoms with van der Waals surface area (Å²) in [4.78, 5) is 6.05. The van der Waals surface area contributed by atoms with Crippen LogP contribution in [0.5, 0.6) is 0 Å². The van der Waals surface area contributed by atoms with Crippen LogP contribution in [0.25, 0.3) is 0 Å². The summed E-state index contributed by atoms with van der Waals surface area (Å²) in [5.74, 6) is -1.38. The fourth-order valence-corrected chi connectivity index (χ4v) is 2.98. The maximum atomic E-state index is 13.5. The van der Waals surface area contributed by atoms with Gasteiger partial charge in [0.15, 0.2) is 11.6 Å². The molecule has 0 saturated carbocycles. The number of aliphatic hydroxyl groups is 1. The molecule has 118 valence electrons. The molecular formula is C17H15F2N3O. The van der Waals surface area contributed by atoms with Gasteiger partial charge in [-0.25, -0.2) is 13.8 Å². The predicted octanol–water partition coefficient (Wildman–Crippen LogP) is 2.85. The lowest BCUT2D eigenvalue weighted by Crippen LogP contribution is -2.26. The van der Waals surface area contributed by atoms with Gasteiger partial charge in [0.05, 0.1) is 17.7 Å². The zero-order valence-electron chi connectivity index (χ0n) is 12.5. The highest BCUT2D eigenvalue weighted by Gasteiger charge is 2.34. The van der Waals surface area contributed by atoms with Crippen molar-refractivity contribution < 1.29 is 13.9 Å². The van der Waals surface area contributed by atoms with E-state index in [4.69, 9.17) is 0 Å². The van der Waals surface area contributed by atoms with Gasteiger partial charge in [-0.15, -0.1) is 0 Å². The average molecular weight is 315 g/mol. The average Bonchev–Trinajstić information content (AvgIpc) is 2.91. The minimum Gasteiger partial charge on any atom is -0.391 e. The van der Waals surface area contributed by atoms with Gasteiger partial charge in [-0.05, 0) is 42.7 Å². The molecule has 1 saturated heterocycles. The van der Waals surface area contributed by atoms with Gasteiger partial charge in [-0.3, -0.25) is 0 Å². The van der Waals surface area contributed by atoms with Gasteiger partial charge in [0, 0.05) is 12.7 Å². The zero-order chi connectivity index (χ0) is 16.6. The number of benzene rings is 1. The molecule has 1 fully saturated rings. The van der Waals surface area contributed by atoms with Crippen LogP contribution in [0.2, 0.25) is 0 Å². The maximum absolute atomic E-state index is 13.5. The van der Waals surface area contributed by atoms with Crippen molar-refractivity contribution in [3.05, 3.63) is 58.8 Å². The first-order chi connectivity index (χ1) is 11.0. The Morgan fingerprint density at radius 1 is 1.30 bits per heavy atom. The number of halogens is 2. The van der Waals surface area contributed by atoms with Crippen LogP contribution in [0.15, 0.2) is 30.5 Å². The van der Waals surface area contributed by atoms with Gasteiger partial charge >= 0.3 is 0 Å². The molecule has 6 heteroatoms. The minimum atomic E-state index is -0.929. The van der Waals surface area contributed by atoms with Gasteiger partial charge in [-0.1, -0.05) is 6.07 Å². The number of anilines is 1. The molecule has 1 N–H and O–H groups in total. The Bertz CT molecular complexity index is 788. The second kappa shape index (κ2) is 5.94. The van der Waals surface area contributed by atoms with Crippen LogP contribution in [0.3, 0.4) is 0 Å². The number of β-amino-alcohol motifs (C(OH)–C–C–N with tert-alkyl or cyclic N) is 1. The van der Waals surface area contributed by atoms with Crippen molar-refractivity contribution in [1.82, 2.24) is 4.98 Å². The summed E-state index contributed by atoms with van der Waals surface area (Å²) < 4.78 is 26.7. The van der Waals surface area contributed by atoms with Crippen molar-refractivity contribution in [3.63, 3.8) is 0 Å². The third kappa shape index (κ3) is 2.76. The normalized spacial score (nSPS) is 20.6. The Labute approximate surface area is 132 Å². The smallest absolute Gasteiger partial charge is 0.159 e.